The van der Waals surface area contributed by atoms with Gasteiger partial charge in [0.1, 0.15) is 5.75 Å². The van der Waals surface area contributed by atoms with E-state index in [2.05, 4.69) is 13.0 Å². The first-order valence-electron chi connectivity index (χ1n) is 5.10. The van der Waals surface area contributed by atoms with Crippen molar-refractivity contribution in [3.63, 3.8) is 0 Å². The Bertz CT molecular complexity index is 342. The second kappa shape index (κ2) is 3.28. The molecule has 0 bridgehead atoms. The van der Waals surface area contributed by atoms with Gasteiger partial charge in [0.25, 0.3) is 0 Å². The maximum atomic E-state index is 6.29. The van der Waals surface area contributed by atoms with Gasteiger partial charge in [0.15, 0.2) is 0 Å². The molecule has 1 saturated carbocycles. The molecule has 2 rings (SSSR count). The fraction of sp³-hybridized carbons (Fsp3) is 0.500. The zero-order valence-electron chi connectivity index (χ0n) is 8.84. The molecule has 0 radical (unpaired) electrons. The predicted octanol–water partition coefficient (Wildman–Crippen LogP) is 2.34. The summed E-state index contributed by atoms with van der Waals surface area (Å²) in [6.45, 7) is 2.08. The molecule has 0 aromatic heterocycles. The van der Waals surface area contributed by atoms with Crippen LogP contribution < -0.4 is 10.5 Å². The number of rotatable bonds is 2. The molecule has 0 atom stereocenters. The summed E-state index contributed by atoms with van der Waals surface area (Å²) < 4.78 is 5.29. The molecule has 0 aliphatic heterocycles. The molecule has 1 aliphatic rings. The van der Waals surface area contributed by atoms with E-state index >= 15 is 0 Å². The maximum absolute atomic E-state index is 6.29. The quantitative estimate of drug-likeness (QED) is 0.778. The average Bonchev–Trinajstić information content (AvgIpc) is 2.15. The molecule has 76 valence electrons. The average molecular weight is 191 g/mol. The largest absolute Gasteiger partial charge is 0.496 e. The fourth-order valence-electron chi connectivity index (χ4n) is 2.20. The van der Waals surface area contributed by atoms with Crippen LogP contribution in [0.3, 0.4) is 0 Å². The molecule has 1 aliphatic carbocycles. The highest BCUT2D eigenvalue weighted by Gasteiger charge is 2.35. The molecule has 0 amide bonds. The first kappa shape index (κ1) is 9.53. The van der Waals surface area contributed by atoms with Crippen molar-refractivity contribution in [3.05, 3.63) is 29.3 Å². The van der Waals surface area contributed by atoms with Crippen LogP contribution in [0.2, 0.25) is 0 Å². The van der Waals surface area contributed by atoms with Crippen molar-refractivity contribution in [1.82, 2.24) is 0 Å². The van der Waals surface area contributed by atoms with Gasteiger partial charge in [-0.2, -0.15) is 0 Å². The van der Waals surface area contributed by atoms with Gasteiger partial charge in [-0.15, -0.1) is 0 Å². The Morgan fingerprint density at radius 1 is 1.36 bits per heavy atom. The van der Waals surface area contributed by atoms with Gasteiger partial charge in [-0.3, -0.25) is 0 Å². The first-order chi connectivity index (χ1) is 6.67. The summed E-state index contributed by atoms with van der Waals surface area (Å²) in [6, 6.07) is 6.13. The third-order valence-electron chi connectivity index (χ3n) is 3.29. The van der Waals surface area contributed by atoms with Crippen molar-refractivity contribution in [1.29, 1.82) is 0 Å². The molecular weight excluding hydrogens is 174 g/mol. The van der Waals surface area contributed by atoms with Crippen LogP contribution in [0, 0.1) is 6.92 Å². The van der Waals surface area contributed by atoms with Crippen LogP contribution in [0.5, 0.6) is 5.75 Å². The van der Waals surface area contributed by atoms with E-state index in [1.807, 2.05) is 12.1 Å². The lowest BCUT2D eigenvalue weighted by atomic mass is 9.71. The molecule has 1 aromatic carbocycles. The third-order valence-corrected chi connectivity index (χ3v) is 3.29. The number of benzene rings is 1. The van der Waals surface area contributed by atoms with E-state index in [9.17, 15) is 0 Å². The lowest BCUT2D eigenvalue weighted by Crippen LogP contribution is -2.43. The van der Waals surface area contributed by atoms with E-state index in [0.29, 0.717) is 0 Å². The summed E-state index contributed by atoms with van der Waals surface area (Å²) in [5, 5.41) is 0. The molecule has 2 heteroatoms. The minimum Gasteiger partial charge on any atom is -0.496 e. The van der Waals surface area contributed by atoms with E-state index in [4.69, 9.17) is 10.5 Å². The molecule has 14 heavy (non-hydrogen) atoms. The summed E-state index contributed by atoms with van der Waals surface area (Å²) in [5.74, 6) is 0.944. The molecule has 0 spiro atoms. The van der Waals surface area contributed by atoms with E-state index < -0.39 is 0 Å². The molecule has 1 fully saturated rings. The monoisotopic (exact) mass is 191 g/mol. The van der Waals surface area contributed by atoms with Gasteiger partial charge in [-0.25, -0.2) is 0 Å². The third kappa shape index (κ3) is 1.30. The Labute approximate surface area is 85.1 Å². The summed E-state index contributed by atoms with van der Waals surface area (Å²) in [6.07, 6.45) is 3.44. The van der Waals surface area contributed by atoms with Crippen LogP contribution in [0.1, 0.15) is 30.4 Å². The minimum atomic E-state index is -0.0847. The molecule has 2 N–H and O–H groups in total. The van der Waals surface area contributed by atoms with Crippen molar-refractivity contribution < 1.29 is 4.74 Å². The summed E-state index contributed by atoms with van der Waals surface area (Å²) in [5.41, 5.74) is 8.65. The van der Waals surface area contributed by atoms with Crippen molar-refractivity contribution in [2.24, 2.45) is 5.73 Å². The van der Waals surface area contributed by atoms with Crippen LogP contribution in [0.25, 0.3) is 0 Å². The predicted molar refractivity (Wildman–Crippen MR) is 57.4 cm³/mol. The minimum absolute atomic E-state index is 0.0847. The Balaban J connectivity index is 2.43. The van der Waals surface area contributed by atoms with E-state index in [-0.39, 0.29) is 5.54 Å². The standard InChI is InChI=1S/C12H17NO/c1-9-10(12(13)7-4-8-12)5-3-6-11(9)14-2/h3,5-6H,4,7-8,13H2,1-2H3. The van der Waals surface area contributed by atoms with Crippen LogP contribution in [-0.2, 0) is 5.54 Å². The molecule has 2 nitrogen and oxygen atoms in total. The molecule has 0 saturated heterocycles. The topological polar surface area (TPSA) is 35.2 Å². The molecular formula is C12H17NO. The van der Waals surface area contributed by atoms with Gasteiger partial charge in [-0.1, -0.05) is 12.1 Å². The Hall–Kier alpha value is -1.02. The molecule has 0 heterocycles. The van der Waals surface area contributed by atoms with E-state index in [1.54, 1.807) is 7.11 Å². The highest BCUT2D eigenvalue weighted by molar-refractivity contribution is 5.43. The highest BCUT2D eigenvalue weighted by atomic mass is 16.5. The second-order valence-electron chi connectivity index (χ2n) is 4.14. The Morgan fingerprint density at radius 2 is 2.07 bits per heavy atom. The summed E-state index contributed by atoms with van der Waals surface area (Å²) in [7, 11) is 1.70. The zero-order valence-corrected chi connectivity index (χ0v) is 8.84. The van der Waals surface area contributed by atoms with Crippen LogP contribution in [0.15, 0.2) is 18.2 Å². The van der Waals surface area contributed by atoms with Gasteiger partial charge in [0.2, 0.25) is 0 Å². The second-order valence-corrected chi connectivity index (χ2v) is 4.14. The normalized spacial score (nSPS) is 18.8. The van der Waals surface area contributed by atoms with Crippen LogP contribution in [0.4, 0.5) is 0 Å². The maximum Gasteiger partial charge on any atom is 0.122 e. The van der Waals surface area contributed by atoms with Crippen molar-refractivity contribution in [2.45, 2.75) is 31.7 Å². The lowest BCUT2D eigenvalue weighted by Gasteiger charge is -2.39. The number of hydrogen-bond acceptors (Lipinski definition) is 2. The van der Waals surface area contributed by atoms with E-state index in [0.717, 1.165) is 18.6 Å². The summed E-state index contributed by atoms with van der Waals surface area (Å²) in [4.78, 5) is 0. The number of methoxy groups -OCH3 is 1. The van der Waals surface area contributed by atoms with Crippen molar-refractivity contribution in [3.8, 4) is 5.75 Å². The smallest absolute Gasteiger partial charge is 0.122 e. The van der Waals surface area contributed by atoms with Crippen LogP contribution >= 0.6 is 0 Å². The van der Waals surface area contributed by atoms with Crippen molar-refractivity contribution >= 4 is 0 Å². The Morgan fingerprint density at radius 3 is 2.57 bits per heavy atom. The molecule has 1 aromatic rings. The summed E-state index contributed by atoms with van der Waals surface area (Å²) >= 11 is 0. The SMILES string of the molecule is COc1cccc(C2(N)CCC2)c1C. The van der Waals surface area contributed by atoms with Crippen LogP contribution in [-0.4, -0.2) is 7.11 Å². The Kier molecular flexibility index (Phi) is 2.23. The van der Waals surface area contributed by atoms with Gasteiger partial charge in [0, 0.05) is 5.54 Å². The van der Waals surface area contributed by atoms with Gasteiger partial charge < -0.3 is 10.5 Å². The van der Waals surface area contributed by atoms with Gasteiger partial charge >= 0.3 is 0 Å². The van der Waals surface area contributed by atoms with E-state index in [1.165, 1.54) is 17.5 Å². The number of nitrogens with two attached hydrogens (primary N) is 1. The van der Waals surface area contributed by atoms with Crippen molar-refractivity contribution in [2.75, 3.05) is 7.11 Å². The first-order valence-corrected chi connectivity index (χ1v) is 5.10. The number of ether oxygens (including phenoxy) is 1. The zero-order chi connectivity index (χ0) is 10.2. The fourth-order valence-corrected chi connectivity index (χ4v) is 2.20. The molecule has 0 unspecified atom stereocenters. The lowest BCUT2D eigenvalue weighted by molar-refractivity contribution is 0.251. The van der Waals surface area contributed by atoms with Gasteiger partial charge in [0.05, 0.1) is 7.11 Å². The van der Waals surface area contributed by atoms with Gasteiger partial charge in [-0.05, 0) is 43.4 Å². The number of hydrogen-bond donors (Lipinski definition) is 1. The highest BCUT2D eigenvalue weighted by Crippen LogP contribution is 2.41.